The quantitative estimate of drug-likeness (QED) is 0.157. The molecule has 0 aliphatic heterocycles. The highest BCUT2D eigenvalue weighted by Crippen LogP contribution is 2.32. The van der Waals surface area contributed by atoms with Crippen molar-refractivity contribution in [2.24, 2.45) is 0 Å². The molecule has 0 saturated heterocycles. The molecule has 1 atom stereocenters. The lowest BCUT2D eigenvalue weighted by Gasteiger charge is -2.23. The van der Waals surface area contributed by atoms with Gasteiger partial charge in [0, 0.05) is 13.6 Å². The van der Waals surface area contributed by atoms with Crippen molar-refractivity contribution in [2.75, 3.05) is 13.6 Å². The molecule has 0 aliphatic rings. The van der Waals surface area contributed by atoms with Gasteiger partial charge in [-0.15, -0.1) is 0 Å². The van der Waals surface area contributed by atoms with Gasteiger partial charge in [0.05, 0.1) is 51.1 Å². The fourth-order valence-corrected chi connectivity index (χ4v) is 7.07. The molecule has 0 bridgehead atoms. The van der Waals surface area contributed by atoms with Crippen LogP contribution in [0.1, 0.15) is 46.0 Å². The number of carbonyl (C=O) groups excluding carboxylic acids is 2. The SMILES string of the molecule is Cc1c(CCN(C)C(=O)C(C)NC(=O)n2c(-c3ccnn3-c3ccc(C#N)cc3)c(C)n(-c3cccc(C(F)(F)F)c3)c2=O)cc(S(=O)(=O)O)c(C)c1C.N. The van der Waals surface area contributed by atoms with Gasteiger partial charge >= 0.3 is 17.9 Å². The van der Waals surface area contributed by atoms with Crippen LogP contribution in [0.3, 0.4) is 0 Å². The number of benzene rings is 3. The lowest BCUT2D eigenvalue weighted by molar-refractivity contribution is -0.137. The number of nitriles is 1. The van der Waals surface area contributed by atoms with E-state index in [1.54, 1.807) is 45.0 Å². The third-order valence-electron chi connectivity index (χ3n) is 9.41. The highest BCUT2D eigenvalue weighted by atomic mass is 32.2. The maximum absolute atomic E-state index is 14.1. The Morgan fingerprint density at radius 1 is 1.00 bits per heavy atom. The molecule has 3 aromatic carbocycles. The topological polar surface area (TPSA) is 207 Å². The zero-order chi connectivity index (χ0) is 39.9. The summed E-state index contributed by atoms with van der Waals surface area (Å²) in [7, 11) is -3.02. The molecule has 18 heteroatoms. The van der Waals surface area contributed by atoms with Crippen molar-refractivity contribution in [1.82, 2.24) is 35.3 Å². The Morgan fingerprint density at radius 3 is 2.25 bits per heavy atom. The Bertz CT molecular complexity index is 2500. The Kier molecular flexibility index (Phi) is 11.9. The number of hydrogen-bond donors (Lipinski definition) is 3. The minimum atomic E-state index is -4.72. The number of halogens is 3. The summed E-state index contributed by atoms with van der Waals surface area (Å²) >= 11 is 0. The van der Waals surface area contributed by atoms with Crippen LogP contribution in [0.5, 0.6) is 0 Å². The van der Waals surface area contributed by atoms with Gasteiger partial charge in [0.15, 0.2) is 0 Å². The van der Waals surface area contributed by atoms with Gasteiger partial charge in [-0.05, 0) is 118 Å². The summed E-state index contributed by atoms with van der Waals surface area (Å²) in [4.78, 5) is 42.8. The number of imidazole rings is 1. The van der Waals surface area contributed by atoms with Crippen LogP contribution in [-0.2, 0) is 27.5 Å². The Morgan fingerprint density at radius 2 is 1.65 bits per heavy atom. The van der Waals surface area contributed by atoms with Gasteiger partial charge in [0.25, 0.3) is 10.1 Å². The molecule has 5 rings (SSSR count). The smallest absolute Gasteiger partial charge is 0.344 e. The van der Waals surface area contributed by atoms with Crippen molar-refractivity contribution in [3.8, 4) is 28.8 Å². The Balaban J connectivity index is 0.00000673. The number of amides is 2. The number of likely N-dealkylation sites (N-methyl/N-ethyl adjacent to an activating group) is 1. The van der Waals surface area contributed by atoms with Gasteiger partial charge in [-0.1, -0.05) is 6.07 Å². The van der Waals surface area contributed by atoms with E-state index >= 15 is 0 Å². The van der Waals surface area contributed by atoms with Crippen molar-refractivity contribution in [1.29, 1.82) is 5.26 Å². The fourth-order valence-electron chi connectivity index (χ4n) is 6.24. The van der Waals surface area contributed by atoms with Crippen LogP contribution in [0.15, 0.2) is 76.6 Å². The first kappa shape index (κ1) is 41.7. The van der Waals surface area contributed by atoms with Gasteiger partial charge in [-0.25, -0.2) is 18.8 Å². The minimum Gasteiger partial charge on any atom is -0.344 e. The Labute approximate surface area is 314 Å². The molecule has 14 nitrogen and oxygen atoms in total. The number of hydrogen-bond acceptors (Lipinski definition) is 8. The predicted octanol–water partition coefficient (Wildman–Crippen LogP) is 5.67. The zero-order valence-corrected chi connectivity index (χ0v) is 31.6. The highest BCUT2D eigenvalue weighted by molar-refractivity contribution is 7.85. The van der Waals surface area contributed by atoms with E-state index in [2.05, 4.69) is 10.4 Å². The van der Waals surface area contributed by atoms with Gasteiger partial charge < -0.3 is 16.4 Å². The van der Waals surface area contributed by atoms with Crippen molar-refractivity contribution in [3.63, 3.8) is 0 Å². The molecule has 0 spiro atoms. The first-order chi connectivity index (χ1) is 25.3. The summed E-state index contributed by atoms with van der Waals surface area (Å²) < 4.78 is 77.9. The van der Waals surface area contributed by atoms with Crippen LogP contribution in [0.4, 0.5) is 18.0 Å². The van der Waals surface area contributed by atoms with Crippen LogP contribution in [-0.4, -0.2) is 68.4 Å². The van der Waals surface area contributed by atoms with Crippen LogP contribution < -0.4 is 17.2 Å². The summed E-state index contributed by atoms with van der Waals surface area (Å²) in [5.74, 6) is -0.564. The molecule has 5 N–H and O–H groups in total. The second-order valence-electron chi connectivity index (χ2n) is 12.8. The standard InChI is InChI=1S/C37H36F3N7O6S.H3N/c1-21-22(2)27(18-32(23(21)3)54(51,52)53)15-17-44(6)34(48)24(4)43-35(49)46-33(31-14-16-42-47(31)29-12-10-26(20-41)11-13-29)25(5)45(36(46)50)30-9-7-8-28(19-30)37(38,39)40;/h7-14,16,18-19,24H,15,17H2,1-6H3,(H,43,49)(H,51,52,53);1H3. The van der Waals surface area contributed by atoms with E-state index in [1.165, 1.54) is 54.9 Å². The molecule has 2 heterocycles. The predicted molar refractivity (Wildman–Crippen MR) is 197 cm³/mol. The average molecular weight is 781 g/mol. The second-order valence-corrected chi connectivity index (χ2v) is 14.2. The third-order valence-corrected chi connectivity index (χ3v) is 10.4. The number of nitrogens with zero attached hydrogens (tertiary/aromatic N) is 6. The molecular weight excluding hydrogens is 742 g/mol. The van der Waals surface area contributed by atoms with E-state index in [0.29, 0.717) is 27.9 Å². The lowest BCUT2D eigenvalue weighted by Crippen LogP contribution is -2.49. The van der Waals surface area contributed by atoms with Gasteiger partial charge in [0.1, 0.15) is 11.7 Å². The normalized spacial score (nSPS) is 12.1. The lowest BCUT2D eigenvalue weighted by atomic mass is 9.96. The van der Waals surface area contributed by atoms with E-state index in [1.807, 2.05) is 6.07 Å². The molecular formula is C37H39F3N8O6S. The number of carbonyl (C=O) groups is 2. The maximum atomic E-state index is 14.1. The fraction of sp³-hybridized carbons (Fsp3) is 0.270. The number of aromatic nitrogens is 4. The Hall–Kier alpha value is -6.03. The zero-order valence-electron chi connectivity index (χ0n) is 30.8. The van der Waals surface area contributed by atoms with Crippen molar-refractivity contribution in [3.05, 3.63) is 116 Å². The molecule has 0 radical (unpaired) electrons. The summed E-state index contributed by atoms with van der Waals surface area (Å²) in [5.41, 5.74) is 1.36. The van der Waals surface area contributed by atoms with Crippen LogP contribution in [0.2, 0.25) is 0 Å². The first-order valence-corrected chi connectivity index (χ1v) is 17.9. The summed E-state index contributed by atoms with van der Waals surface area (Å²) in [5, 5.41) is 16.1. The maximum Gasteiger partial charge on any atom is 0.416 e. The molecule has 2 amide bonds. The molecule has 0 fully saturated rings. The van der Waals surface area contributed by atoms with E-state index < -0.39 is 45.5 Å². The molecule has 0 aliphatic carbocycles. The summed E-state index contributed by atoms with van der Waals surface area (Å²) in [6.07, 6.45) is -3.11. The van der Waals surface area contributed by atoms with E-state index in [-0.39, 0.29) is 46.8 Å². The molecule has 5 aromatic rings. The summed E-state index contributed by atoms with van der Waals surface area (Å²) in [6.45, 7) is 8.06. The molecule has 0 saturated carbocycles. The molecule has 1 unspecified atom stereocenters. The summed E-state index contributed by atoms with van der Waals surface area (Å²) in [6, 6.07) is 13.0. The second kappa shape index (κ2) is 15.8. The van der Waals surface area contributed by atoms with Gasteiger partial charge in [0.2, 0.25) is 5.91 Å². The van der Waals surface area contributed by atoms with E-state index in [0.717, 1.165) is 32.9 Å². The minimum absolute atomic E-state index is 0. The number of alkyl halides is 3. The molecule has 290 valence electrons. The average Bonchev–Trinajstić information content (AvgIpc) is 3.70. The number of rotatable bonds is 9. The van der Waals surface area contributed by atoms with Crippen molar-refractivity contribution < 1.29 is 35.7 Å². The van der Waals surface area contributed by atoms with Crippen LogP contribution >= 0.6 is 0 Å². The van der Waals surface area contributed by atoms with Crippen molar-refractivity contribution >= 4 is 22.1 Å². The monoisotopic (exact) mass is 780 g/mol. The van der Waals surface area contributed by atoms with E-state index in [4.69, 9.17) is 0 Å². The number of nitrogens with one attached hydrogen (secondary N) is 1. The third kappa shape index (κ3) is 8.23. The first-order valence-electron chi connectivity index (χ1n) is 16.5. The largest absolute Gasteiger partial charge is 0.416 e. The van der Waals surface area contributed by atoms with E-state index in [9.17, 15) is 45.8 Å². The molecule has 2 aromatic heterocycles. The van der Waals surface area contributed by atoms with Crippen molar-refractivity contribution in [2.45, 2.75) is 58.2 Å². The van der Waals surface area contributed by atoms with Crippen LogP contribution in [0, 0.1) is 39.0 Å². The highest BCUT2D eigenvalue weighted by Gasteiger charge is 2.33. The van der Waals surface area contributed by atoms with Gasteiger partial charge in [-0.2, -0.15) is 31.9 Å². The van der Waals surface area contributed by atoms with Crippen LogP contribution in [0.25, 0.3) is 22.8 Å². The van der Waals surface area contributed by atoms with Gasteiger partial charge in [-0.3, -0.25) is 13.9 Å². The molecule has 55 heavy (non-hydrogen) atoms.